The molecule has 1 aromatic carbocycles. The molecule has 0 amide bonds. The number of rotatable bonds is 1. The lowest BCUT2D eigenvalue weighted by molar-refractivity contribution is -0.383. The van der Waals surface area contributed by atoms with Gasteiger partial charge in [0.1, 0.15) is 11.8 Å². The van der Waals surface area contributed by atoms with Crippen LogP contribution in [-0.4, -0.2) is 9.91 Å². The molecule has 0 atom stereocenters. The molecule has 0 saturated carbocycles. The van der Waals surface area contributed by atoms with E-state index in [1.807, 2.05) is 18.2 Å². The molecule has 0 unspecified atom stereocenters. The van der Waals surface area contributed by atoms with Crippen molar-refractivity contribution < 1.29 is 9.34 Å². The molecule has 3 aromatic rings. The van der Waals surface area contributed by atoms with Gasteiger partial charge in [-0.2, -0.15) is 0 Å². The average Bonchev–Trinajstić information content (AvgIpc) is 2.67. The van der Waals surface area contributed by atoms with Crippen molar-refractivity contribution in [2.45, 2.75) is 0 Å². The molecule has 0 aliphatic carbocycles. The van der Waals surface area contributed by atoms with Crippen molar-refractivity contribution in [2.75, 3.05) is 0 Å². The summed E-state index contributed by atoms with van der Waals surface area (Å²) in [6.07, 6.45) is 2.78. The van der Waals surface area contributed by atoms with Crippen LogP contribution in [0.1, 0.15) is 0 Å². The fourth-order valence-corrected chi connectivity index (χ4v) is 1.75. The van der Waals surface area contributed by atoms with Crippen molar-refractivity contribution >= 4 is 27.6 Å². The molecule has 0 spiro atoms. The highest BCUT2D eigenvalue weighted by Gasteiger charge is 2.18. The zero-order chi connectivity index (χ0) is 11.1. The number of aromatic nitrogens is 1. The minimum atomic E-state index is -0.488. The SMILES string of the molecule is O=[N+]([O-])c1cncc2c1oc1ccccc12. The molecule has 78 valence electrons. The maximum Gasteiger partial charge on any atom is 0.330 e. The first-order valence-corrected chi connectivity index (χ1v) is 4.67. The van der Waals surface area contributed by atoms with Gasteiger partial charge in [-0.15, -0.1) is 0 Å². The molecule has 2 heterocycles. The predicted octanol–water partition coefficient (Wildman–Crippen LogP) is 2.89. The summed E-state index contributed by atoms with van der Waals surface area (Å²) < 4.78 is 5.46. The van der Waals surface area contributed by atoms with E-state index in [4.69, 9.17) is 4.42 Å². The molecular weight excluding hydrogens is 208 g/mol. The first-order valence-electron chi connectivity index (χ1n) is 4.67. The van der Waals surface area contributed by atoms with Gasteiger partial charge in [-0.1, -0.05) is 18.2 Å². The van der Waals surface area contributed by atoms with Crippen molar-refractivity contribution in [3.8, 4) is 0 Å². The summed E-state index contributed by atoms with van der Waals surface area (Å²) in [4.78, 5) is 14.2. The first-order chi connectivity index (χ1) is 7.77. The summed E-state index contributed by atoms with van der Waals surface area (Å²) in [5.41, 5.74) is 0.809. The van der Waals surface area contributed by atoms with Gasteiger partial charge >= 0.3 is 5.69 Å². The fraction of sp³-hybridized carbons (Fsp3) is 0. The minimum absolute atomic E-state index is 0.103. The molecule has 3 rings (SSSR count). The molecule has 0 N–H and O–H groups in total. The third kappa shape index (κ3) is 1.08. The zero-order valence-electron chi connectivity index (χ0n) is 8.08. The van der Waals surface area contributed by atoms with E-state index in [0.29, 0.717) is 11.0 Å². The summed E-state index contributed by atoms with van der Waals surface area (Å²) in [6.45, 7) is 0. The maximum atomic E-state index is 10.8. The van der Waals surface area contributed by atoms with E-state index in [1.165, 1.54) is 6.20 Å². The fourth-order valence-electron chi connectivity index (χ4n) is 1.75. The second-order valence-corrected chi connectivity index (χ2v) is 3.39. The quantitative estimate of drug-likeness (QED) is 0.461. The van der Waals surface area contributed by atoms with Crippen LogP contribution < -0.4 is 0 Å². The Kier molecular flexibility index (Phi) is 1.67. The summed E-state index contributed by atoms with van der Waals surface area (Å²) in [5, 5.41) is 12.3. The highest BCUT2D eigenvalue weighted by atomic mass is 16.6. The van der Waals surface area contributed by atoms with Crippen LogP contribution in [0, 0.1) is 10.1 Å². The van der Waals surface area contributed by atoms with Crippen LogP contribution in [0.15, 0.2) is 41.1 Å². The lowest BCUT2D eigenvalue weighted by Crippen LogP contribution is -1.88. The number of furan rings is 1. The van der Waals surface area contributed by atoms with Gasteiger partial charge in [0.05, 0.1) is 10.3 Å². The largest absolute Gasteiger partial charge is 0.449 e. The van der Waals surface area contributed by atoms with Crippen LogP contribution in [0.5, 0.6) is 0 Å². The van der Waals surface area contributed by atoms with Gasteiger partial charge in [0.15, 0.2) is 0 Å². The van der Waals surface area contributed by atoms with Gasteiger partial charge < -0.3 is 4.42 Å². The maximum absolute atomic E-state index is 10.8. The smallest absolute Gasteiger partial charge is 0.330 e. The summed E-state index contributed by atoms with van der Waals surface area (Å²) in [7, 11) is 0. The van der Waals surface area contributed by atoms with Crippen molar-refractivity contribution in [3.05, 3.63) is 46.8 Å². The molecular formula is C11H6N2O3. The van der Waals surface area contributed by atoms with Crippen LogP contribution in [0.4, 0.5) is 5.69 Å². The number of fused-ring (bicyclic) bond motifs is 3. The van der Waals surface area contributed by atoms with Crippen LogP contribution >= 0.6 is 0 Å². The van der Waals surface area contributed by atoms with Gasteiger partial charge in [0.2, 0.25) is 5.58 Å². The first kappa shape index (κ1) is 8.84. The van der Waals surface area contributed by atoms with Crippen molar-refractivity contribution in [3.63, 3.8) is 0 Å². The number of hydrogen-bond donors (Lipinski definition) is 0. The van der Waals surface area contributed by atoms with E-state index >= 15 is 0 Å². The normalized spacial score (nSPS) is 11.0. The van der Waals surface area contributed by atoms with Crippen molar-refractivity contribution in [1.82, 2.24) is 4.98 Å². The lowest BCUT2D eigenvalue weighted by Gasteiger charge is -1.90. The Balaban J connectivity index is 2.54. The third-order valence-electron chi connectivity index (χ3n) is 2.46. The highest BCUT2D eigenvalue weighted by molar-refractivity contribution is 6.06. The Hall–Kier alpha value is -2.43. The van der Waals surface area contributed by atoms with Crippen LogP contribution in [0.25, 0.3) is 21.9 Å². The lowest BCUT2D eigenvalue weighted by atomic mass is 10.2. The molecule has 0 aliphatic heterocycles. The third-order valence-corrected chi connectivity index (χ3v) is 2.46. The second kappa shape index (κ2) is 3.03. The molecule has 0 radical (unpaired) electrons. The van der Waals surface area contributed by atoms with Gasteiger partial charge in [-0.3, -0.25) is 15.1 Å². The van der Waals surface area contributed by atoms with Crippen molar-refractivity contribution in [1.29, 1.82) is 0 Å². The zero-order valence-corrected chi connectivity index (χ0v) is 8.08. The average molecular weight is 214 g/mol. The summed E-state index contributed by atoms with van der Waals surface area (Å²) in [5.74, 6) is 0. The molecule has 0 saturated heterocycles. The Bertz CT molecular complexity index is 703. The number of nitro groups is 1. The van der Waals surface area contributed by atoms with Gasteiger partial charge in [0, 0.05) is 11.6 Å². The number of nitrogens with zero attached hydrogens (tertiary/aromatic N) is 2. The standard InChI is InChI=1S/C11H6N2O3/c14-13(15)9-6-12-5-8-7-3-1-2-4-10(7)16-11(8)9/h1-6H. The molecule has 0 aliphatic rings. The molecule has 5 heteroatoms. The minimum Gasteiger partial charge on any atom is -0.449 e. The topological polar surface area (TPSA) is 69.2 Å². The number of para-hydroxylation sites is 1. The van der Waals surface area contributed by atoms with E-state index in [0.717, 1.165) is 5.39 Å². The number of pyridine rings is 1. The molecule has 0 fully saturated rings. The highest BCUT2D eigenvalue weighted by Crippen LogP contribution is 2.32. The van der Waals surface area contributed by atoms with Crippen LogP contribution in [0.3, 0.4) is 0 Å². The summed E-state index contributed by atoms with van der Waals surface area (Å²) >= 11 is 0. The van der Waals surface area contributed by atoms with E-state index in [2.05, 4.69) is 4.98 Å². The van der Waals surface area contributed by atoms with Gasteiger partial charge in [-0.05, 0) is 6.07 Å². The Morgan fingerprint density at radius 1 is 1.19 bits per heavy atom. The monoisotopic (exact) mass is 214 g/mol. The van der Waals surface area contributed by atoms with Crippen LogP contribution in [0.2, 0.25) is 0 Å². The Labute approximate surface area is 89.5 Å². The van der Waals surface area contributed by atoms with E-state index < -0.39 is 4.92 Å². The molecule has 0 bridgehead atoms. The predicted molar refractivity (Wildman–Crippen MR) is 58.2 cm³/mol. The Morgan fingerprint density at radius 2 is 2.00 bits per heavy atom. The van der Waals surface area contributed by atoms with Gasteiger partial charge in [-0.25, -0.2) is 0 Å². The number of hydrogen-bond acceptors (Lipinski definition) is 4. The van der Waals surface area contributed by atoms with E-state index in [9.17, 15) is 10.1 Å². The molecule has 2 aromatic heterocycles. The number of benzene rings is 1. The molecule has 5 nitrogen and oxygen atoms in total. The van der Waals surface area contributed by atoms with E-state index in [-0.39, 0.29) is 11.3 Å². The molecule has 16 heavy (non-hydrogen) atoms. The van der Waals surface area contributed by atoms with Gasteiger partial charge in [0.25, 0.3) is 0 Å². The van der Waals surface area contributed by atoms with Crippen LogP contribution in [-0.2, 0) is 0 Å². The Morgan fingerprint density at radius 3 is 2.81 bits per heavy atom. The van der Waals surface area contributed by atoms with Crippen molar-refractivity contribution in [2.24, 2.45) is 0 Å². The second-order valence-electron chi connectivity index (χ2n) is 3.39. The van der Waals surface area contributed by atoms with E-state index in [1.54, 1.807) is 12.3 Å². The summed E-state index contributed by atoms with van der Waals surface area (Å²) in [6, 6.07) is 7.31.